The second kappa shape index (κ2) is 8.06. The lowest BCUT2D eigenvalue weighted by Crippen LogP contribution is -2.47. The number of hydrogen-bond donors (Lipinski definition) is 1. The zero-order chi connectivity index (χ0) is 18.6. The van der Waals surface area contributed by atoms with Crippen LogP contribution in [0.15, 0.2) is 30.3 Å². The third-order valence-corrected chi connectivity index (χ3v) is 4.17. The third kappa shape index (κ3) is 5.34. The summed E-state index contributed by atoms with van der Waals surface area (Å²) in [4.78, 5) is 27.5. The normalized spacial score (nSPS) is 20.4. The first-order valence-electron chi connectivity index (χ1n) is 8.26. The molecule has 1 N–H and O–H groups in total. The van der Waals surface area contributed by atoms with Crippen molar-refractivity contribution in [2.24, 2.45) is 0 Å². The summed E-state index contributed by atoms with van der Waals surface area (Å²) >= 11 is 5.75. The van der Waals surface area contributed by atoms with Crippen molar-refractivity contribution in [2.75, 3.05) is 19.0 Å². The molecular weight excluding hydrogens is 344 g/mol. The summed E-state index contributed by atoms with van der Waals surface area (Å²) in [6.07, 6.45) is -1.34. The quantitative estimate of drug-likeness (QED) is 0.827. The number of amides is 2. The average molecular weight is 369 g/mol. The van der Waals surface area contributed by atoms with Gasteiger partial charge in [-0.3, -0.25) is 4.79 Å². The molecule has 1 aromatic rings. The Labute approximate surface area is 153 Å². The average Bonchev–Trinajstić information content (AvgIpc) is 2.93. The van der Waals surface area contributed by atoms with E-state index in [2.05, 4.69) is 0 Å². The summed E-state index contributed by atoms with van der Waals surface area (Å²) in [5.41, 5.74) is 0.319. The maximum atomic E-state index is 12.3. The second-order valence-corrected chi connectivity index (χ2v) is 7.43. The van der Waals surface area contributed by atoms with E-state index in [4.69, 9.17) is 16.3 Å². The Morgan fingerprint density at radius 2 is 1.92 bits per heavy atom. The van der Waals surface area contributed by atoms with Crippen LogP contribution in [0.1, 0.15) is 26.3 Å². The van der Waals surface area contributed by atoms with Crippen LogP contribution in [0.2, 0.25) is 0 Å². The minimum absolute atomic E-state index is 0.125. The lowest BCUT2D eigenvalue weighted by molar-refractivity contribution is -0.133. The van der Waals surface area contributed by atoms with Gasteiger partial charge in [-0.2, -0.15) is 0 Å². The van der Waals surface area contributed by atoms with Gasteiger partial charge in [0.2, 0.25) is 5.91 Å². The van der Waals surface area contributed by atoms with E-state index in [9.17, 15) is 14.7 Å². The standard InChI is InChI=1S/C18H25ClN2O4/c1-18(2,3)25-17(24)20-11-14(15(22)12-20)21(16(23)9-19)10-13-7-5-4-6-8-13/h4-8,14-15,22H,9-12H2,1-3H3/t14-,15-/m0/s1. The van der Waals surface area contributed by atoms with E-state index < -0.39 is 23.8 Å². The molecule has 2 atom stereocenters. The lowest BCUT2D eigenvalue weighted by atomic mass is 10.1. The van der Waals surface area contributed by atoms with Crippen molar-refractivity contribution in [1.29, 1.82) is 0 Å². The van der Waals surface area contributed by atoms with Gasteiger partial charge in [-0.1, -0.05) is 30.3 Å². The number of ether oxygens (including phenoxy) is 1. The van der Waals surface area contributed by atoms with Gasteiger partial charge in [-0.25, -0.2) is 4.79 Å². The van der Waals surface area contributed by atoms with Crippen LogP contribution in [-0.4, -0.2) is 63.6 Å². The summed E-state index contributed by atoms with van der Waals surface area (Å²) in [5, 5.41) is 10.4. The van der Waals surface area contributed by atoms with Gasteiger partial charge in [0.1, 0.15) is 11.5 Å². The summed E-state index contributed by atoms with van der Waals surface area (Å²) in [6.45, 7) is 6.02. The number of carbonyl (C=O) groups excluding carboxylic acids is 2. The molecule has 138 valence electrons. The van der Waals surface area contributed by atoms with Gasteiger partial charge in [0.15, 0.2) is 0 Å². The van der Waals surface area contributed by atoms with Gasteiger partial charge in [0, 0.05) is 13.1 Å². The first-order chi connectivity index (χ1) is 11.7. The van der Waals surface area contributed by atoms with Crippen molar-refractivity contribution in [1.82, 2.24) is 9.80 Å². The largest absolute Gasteiger partial charge is 0.444 e. The topological polar surface area (TPSA) is 70.1 Å². The van der Waals surface area contributed by atoms with Gasteiger partial charge in [-0.15, -0.1) is 11.6 Å². The summed E-state index contributed by atoms with van der Waals surface area (Å²) in [5.74, 6) is -0.455. The first-order valence-corrected chi connectivity index (χ1v) is 8.80. The van der Waals surface area contributed by atoms with Crippen LogP contribution in [0.25, 0.3) is 0 Å². The van der Waals surface area contributed by atoms with Crippen molar-refractivity contribution >= 4 is 23.6 Å². The molecule has 0 saturated carbocycles. The van der Waals surface area contributed by atoms with Crippen molar-refractivity contribution in [3.8, 4) is 0 Å². The van der Waals surface area contributed by atoms with Crippen LogP contribution in [-0.2, 0) is 16.1 Å². The van der Waals surface area contributed by atoms with Crippen molar-refractivity contribution in [3.05, 3.63) is 35.9 Å². The smallest absolute Gasteiger partial charge is 0.410 e. The molecule has 0 aromatic heterocycles. The van der Waals surface area contributed by atoms with Crippen molar-refractivity contribution in [2.45, 2.75) is 45.1 Å². The highest BCUT2D eigenvalue weighted by Gasteiger charge is 2.40. The Hall–Kier alpha value is -1.79. The van der Waals surface area contributed by atoms with Crippen LogP contribution in [0.3, 0.4) is 0 Å². The predicted molar refractivity (Wildman–Crippen MR) is 95.3 cm³/mol. The molecule has 1 aromatic carbocycles. The molecule has 0 bridgehead atoms. The van der Waals surface area contributed by atoms with Crippen LogP contribution >= 0.6 is 11.6 Å². The molecule has 7 heteroatoms. The van der Waals surface area contributed by atoms with E-state index in [1.807, 2.05) is 30.3 Å². The molecular formula is C18H25ClN2O4. The van der Waals surface area contributed by atoms with Crippen molar-refractivity contribution < 1.29 is 19.4 Å². The number of β-amino-alcohol motifs (C(OH)–C–C–N with tert-alkyl or cyclic N) is 1. The Morgan fingerprint density at radius 1 is 1.28 bits per heavy atom. The molecule has 1 heterocycles. The monoisotopic (exact) mass is 368 g/mol. The van der Waals surface area contributed by atoms with Gasteiger partial charge in [-0.05, 0) is 26.3 Å². The van der Waals surface area contributed by atoms with E-state index in [0.717, 1.165) is 5.56 Å². The minimum atomic E-state index is -0.844. The van der Waals surface area contributed by atoms with Crippen LogP contribution < -0.4 is 0 Å². The maximum absolute atomic E-state index is 12.3. The number of nitrogens with zero attached hydrogens (tertiary/aromatic N) is 2. The molecule has 1 aliphatic heterocycles. The Bertz CT molecular complexity index is 603. The fourth-order valence-corrected chi connectivity index (χ4v) is 2.95. The SMILES string of the molecule is CC(C)(C)OC(=O)N1C[C@H](O)[C@@H](N(Cc2ccccc2)C(=O)CCl)C1. The molecule has 0 spiro atoms. The van der Waals surface area contributed by atoms with E-state index in [-0.39, 0.29) is 24.9 Å². The van der Waals surface area contributed by atoms with E-state index in [1.165, 1.54) is 9.80 Å². The maximum Gasteiger partial charge on any atom is 0.410 e. The van der Waals surface area contributed by atoms with E-state index in [0.29, 0.717) is 6.54 Å². The van der Waals surface area contributed by atoms with Gasteiger partial charge in [0.25, 0.3) is 0 Å². The highest BCUT2D eigenvalue weighted by Crippen LogP contribution is 2.22. The molecule has 0 aliphatic carbocycles. The fraction of sp³-hybridized carbons (Fsp3) is 0.556. The second-order valence-electron chi connectivity index (χ2n) is 7.16. The minimum Gasteiger partial charge on any atom is -0.444 e. The number of benzene rings is 1. The molecule has 1 fully saturated rings. The Morgan fingerprint density at radius 3 is 2.48 bits per heavy atom. The number of rotatable bonds is 4. The number of aliphatic hydroxyl groups excluding tert-OH is 1. The first kappa shape index (κ1) is 19.5. The van der Waals surface area contributed by atoms with Gasteiger partial charge in [0.05, 0.1) is 18.7 Å². The summed E-state index contributed by atoms with van der Waals surface area (Å²) < 4.78 is 5.35. The predicted octanol–water partition coefficient (Wildman–Crippen LogP) is 2.23. The molecule has 1 aliphatic rings. The molecule has 0 unspecified atom stereocenters. The molecule has 2 rings (SSSR count). The third-order valence-electron chi connectivity index (χ3n) is 3.94. The van der Waals surface area contributed by atoms with Crippen LogP contribution in [0, 0.1) is 0 Å². The zero-order valence-corrected chi connectivity index (χ0v) is 15.6. The van der Waals surface area contributed by atoms with E-state index >= 15 is 0 Å². The van der Waals surface area contributed by atoms with Crippen LogP contribution in [0.4, 0.5) is 4.79 Å². The highest BCUT2D eigenvalue weighted by atomic mass is 35.5. The number of aliphatic hydroxyl groups is 1. The number of alkyl halides is 1. The summed E-state index contributed by atoms with van der Waals surface area (Å²) in [7, 11) is 0. The van der Waals surface area contributed by atoms with Crippen LogP contribution in [0.5, 0.6) is 0 Å². The number of likely N-dealkylation sites (tertiary alicyclic amines) is 1. The number of halogens is 1. The Balaban J connectivity index is 2.12. The molecule has 6 nitrogen and oxygen atoms in total. The number of hydrogen-bond acceptors (Lipinski definition) is 4. The van der Waals surface area contributed by atoms with E-state index in [1.54, 1.807) is 20.8 Å². The number of carbonyl (C=O) groups is 2. The van der Waals surface area contributed by atoms with Crippen molar-refractivity contribution in [3.63, 3.8) is 0 Å². The van der Waals surface area contributed by atoms with Gasteiger partial charge >= 0.3 is 6.09 Å². The summed E-state index contributed by atoms with van der Waals surface area (Å²) in [6, 6.07) is 8.96. The zero-order valence-electron chi connectivity index (χ0n) is 14.8. The molecule has 0 radical (unpaired) electrons. The Kier molecular flexibility index (Phi) is 6.30. The molecule has 1 saturated heterocycles. The molecule has 2 amide bonds. The fourth-order valence-electron chi connectivity index (χ4n) is 2.80. The highest BCUT2D eigenvalue weighted by molar-refractivity contribution is 6.27. The molecule has 25 heavy (non-hydrogen) atoms. The lowest BCUT2D eigenvalue weighted by Gasteiger charge is -2.30. The van der Waals surface area contributed by atoms with Gasteiger partial charge < -0.3 is 19.6 Å².